The monoisotopic (exact) mass is 449 g/mol. The van der Waals surface area contributed by atoms with E-state index in [0.29, 0.717) is 43.2 Å². The number of carbonyl (C=O) groups excluding carboxylic acids is 2. The molecule has 2 amide bonds. The zero-order valence-corrected chi connectivity index (χ0v) is 19.7. The van der Waals surface area contributed by atoms with Gasteiger partial charge in [-0.05, 0) is 32.4 Å². The Bertz CT molecular complexity index is 1150. The molecule has 2 aromatic heterocycles. The fourth-order valence-electron chi connectivity index (χ4n) is 4.14. The summed E-state index contributed by atoms with van der Waals surface area (Å²) in [5.74, 6) is 1.43. The van der Waals surface area contributed by atoms with Crippen LogP contribution in [0.4, 0.5) is 0 Å². The predicted octanol–water partition coefficient (Wildman–Crippen LogP) is 3.83. The van der Waals surface area contributed by atoms with Crippen molar-refractivity contribution in [3.8, 4) is 0 Å². The van der Waals surface area contributed by atoms with E-state index in [0.717, 1.165) is 23.0 Å². The van der Waals surface area contributed by atoms with Crippen LogP contribution in [0.3, 0.4) is 0 Å². The van der Waals surface area contributed by atoms with Gasteiger partial charge < -0.3 is 14.7 Å². The maximum absolute atomic E-state index is 12.8. The number of nitrogens with one attached hydrogen (secondary N) is 1. The number of aryl methyl sites for hydroxylation is 1. The molecule has 0 bridgehead atoms. The molecule has 0 saturated carbocycles. The first-order valence-corrected chi connectivity index (χ1v) is 11.6. The lowest BCUT2D eigenvalue weighted by Gasteiger charge is -2.17. The SMILES string of the molecule is CC(C)NC(=O)c1cc([C@H]2CCN(C(=O)CCc3nc(C(C)C)no3)C2)nc2ccccc12. The normalized spacial score (nSPS) is 16.2. The van der Waals surface area contributed by atoms with Gasteiger partial charge in [0.25, 0.3) is 5.91 Å². The van der Waals surface area contributed by atoms with Gasteiger partial charge in [-0.3, -0.25) is 14.6 Å². The van der Waals surface area contributed by atoms with E-state index in [1.165, 1.54) is 0 Å². The average Bonchev–Trinajstić information content (AvgIpc) is 3.46. The molecule has 8 nitrogen and oxygen atoms in total. The van der Waals surface area contributed by atoms with Gasteiger partial charge in [0.05, 0.1) is 11.1 Å². The van der Waals surface area contributed by atoms with Gasteiger partial charge in [-0.25, -0.2) is 0 Å². The second-order valence-corrected chi connectivity index (χ2v) is 9.27. The predicted molar refractivity (Wildman–Crippen MR) is 125 cm³/mol. The van der Waals surface area contributed by atoms with Crippen molar-refractivity contribution >= 4 is 22.7 Å². The maximum Gasteiger partial charge on any atom is 0.252 e. The molecule has 0 aliphatic carbocycles. The van der Waals surface area contributed by atoms with E-state index < -0.39 is 0 Å². The summed E-state index contributed by atoms with van der Waals surface area (Å²) in [6, 6.07) is 9.63. The highest BCUT2D eigenvalue weighted by Gasteiger charge is 2.29. The summed E-state index contributed by atoms with van der Waals surface area (Å²) in [6.07, 6.45) is 1.59. The molecule has 3 heterocycles. The van der Waals surface area contributed by atoms with Crippen LogP contribution in [0, 0.1) is 0 Å². The van der Waals surface area contributed by atoms with Crippen molar-refractivity contribution < 1.29 is 14.1 Å². The Hall–Kier alpha value is -3.29. The van der Waals surface area contributed by atoms with E-state index in [-0.39, 0.29) is 29.7 Å². The highest BCUT2D eigenvalue weighted by atomic mass is 16.5. The van der Waals surface area contributed by atoms with Gasteiger partial charge in [0.15, 0.2) is 5.82 Å². The number of rotatable bonds is 7. The summed E-state index contributed by atoms with van der Waals surface area (Å²) in [4.78, 5) is 36.7. The smallest absolute Gasteiger partial charge is 0.252 e. The zero-order chi connectivity index (χ0) is 23.5. The Balaban J connectivity index is 1.46. The van der Waals surface area contributed by atoms with Crippen LogP contribution in [0.5, 0.6) is 0 Å². The fourth-order valence-corrected chi connectivity index (χ4v) is 4.14. The second kappa shape index (κ2) is 9.68. The minimum atomic E-state index is -0.101. The molecule has 4 rings (SSSR count). The van der Waals surface area contributed by atoms with E-state index in [2.05, 4.69) is 15.5 Å². The molecule has 33 heavy (non-hydrogen) atoms. The maximum atomic E-state index is 12.8. The van der Waals surface area contributed by atoms with Crippen LogP contribution < -0.4 is 5.32 Å². The summed E-state index contributed by atoms with van der Waals surface area (Å²) >= 11 is 0. The first-order chi connectivity index (χ1) is 15.8. The van der Waals surface area contributed by atoms with Crippen LogP contribution in [0.15, 0.2) is 34.9 Å². The largest absolute Gasteiger partial charge is 0.350 e. The first kappa shape index (κ1) is 22.9. The van der Waals surface area contributed by atoms with E-state index in [1.807, 2.05) is 62.9 Å². The van der Waals surface area contributed by atoms with Crippen LogP contribution in [0.25, 0.3) is 10.9 Å². The summed E-state index contributed by atoms with van der Waals surface area (Å²) in [6.45, 7) is 9.16. The Morgan fingerprint density at radius 2 is 1.97 bits per heavy atom. The van der Waals surface area contributed by atoms with Crippen LogP contribution in [-0.4, -0.2) is 51.0 Å². The van der Waals surface area contributed by atoms with Gasteiger partial charge in [0.2, 0.25) is 11.8 Å². The summed E-state index contributed by atoms with van der Waals surface area (Å²) in [5, 5.41) is 7.78. The molecule has 1 aliphatic rings. The van der Waals surface area contributed by atoms with Crippen LogP contribution in [0.2, 0.25) is 0 Å². The van der Waals surface area contributed by atoms with Crippen molar-refractivity contribution in [1.29, 1.82) is 0 Å². The van der Waals surface area contributed by atoms with Gasteiger partial charge in [0, 0.05) is 54.9 Å². The molecule has 174 valence electrons. The quantitative estimate of drug-likeness (QED) is 0.588. The third kappa shape index (κ3) is 5.21. The highest BCUT2D eigenvalue weighted by Crippen LogP contribution is 2.30. The topological polar surface area (TPSA) is 101 Å². The van der Waals surface area contributed by atoms with E-state index in [9.17, 15) is 9.59 Å². The lowest BCUT2D eigenvalue weighted by Crippen LogP contribution is -2.30. The third-order valence-corrected chi connectivity index (χ3v) is 5.91. The van der Waals surface area contributed by atoms with E-state index in [4.69, 9.17) is 9.51 Å². The average molecular weight is 450 g/mol. The minimum Gasteiger partial charge on any atom is -0.350 e. The molecule has 8 heteroatoms. The second-order valence-electron chi connectivity index (χ2n) is 9.27. The van der Waals surface area contributed by atoms with Crippen molar-refractivity contribution in [3.05, 3.63) is 53.3 Å². The Labute approximate surface area is 193 Å². The van der Waals surface area contributed by atoms with Crippen molar-refractivity contribution in [2.45, 2.75) is 64.8 Å². The van der Waals surface area contributed by atoms with Crippen molar-refractivity contribution in [2.24, 2.45) is 0 Å². The first-order valence-electron chi connectivity index (χ1n) is 11.6. The standard InChI is InChI=1S/C25H31N5O3/c1-15(2)24-28-22(33-29-24)9-10-23(31)30-12-11-17(14-30)21-13-19(25(32)26-16(3)4)18-7-5-6-8-20(18)27-21/h5-8,13,15-17H,9-12,14H2,1-4H3,(H,26,32)/t17-/m0/s1. The van der Waals surface area contributed by atoms with Gasteiger partial charge in [-0.2, -0.15) is 4.98 Å². The van der Waals surface area contributed by atoms with E-state index >= 15 is 0 Å². The molecule has 0 unspecified atom stereocenters. The lowest BCUT2D eigenvalue weighted by atomic mass is 9.99. The summed E-state index contributed by atoms with van der Waals surface area (Å²) in [7, 11) is 0. The van der Waals surface area contributed by atoms with Gasteiger partial charge in [-0.1, -0.05) is 37.2 Å². The zero-order valence-electron chi connectivity index (χ0n) is 19.7. The summed E-state index contributed by atoms with van der Waals surface area (Å²) in [5.41, 5.74) is 2.29. The fraction of sp³-hybridized carbons (Fsp3) is 0.480. The molecule has 1 aromatic carbocycles. The minimum absolute atomic E-state index is 0.0444. The molecule has 1 atom stereocenters. The number of aromatic nitrogens is 3. The van der Waals surface area contributed by atoms with Crippen LogP contribution in [0.1, 0.15) is 80.1 Å². The third-order valence-electron chi connectivity index (χ3n) is 5.91. The highest BCUT2D eigenvalue weighted by molar-refractivity contribution is 6.06. The van der Waals surface area contributed by atoms with Gasteiger partial charge in [-0.15, -0.1) is 0 Å². The molecular formula is C25H31N5O3. The molecule has 1 fully saturated rings. The number of hydrogen-bond donors (Lipinski definition) is 1. The molecule has 1 N–H and O–H groups in total. The van der Waals surface area contributed by atoms with Crippen LogP contribution in [-0.2, 0) is 11.2 Å². The van der Waals surface area contributed by atoms with Crippen molar-refractivity contribution in [1.82, 2.24) is 25.3 Å². The number of pyridine rings is 1. The van der Waals surface area contributed by atoms with Crippen LogP contribution >= 0.6 is 0 Å². The number of nitrogens with zero attached hydrogens (tertiary/aromatic N) is 4. The van der Waals surface area contributed by atoms with E-state index in [1.54, 1.807) is 0 Å². The summed E-state index contributed by atoms with van der Waals surface area (Å²) < 4.78 is 5.25. The number of para-hydroxylation sites is 1. The Morgan fingerprint density at radius 3 is 2.70 bits per heavy atom. The number of carbonyl (C=O) groups is 2. The van der Waals surface area contributed by atoms with Crippen molar-refractivity contribution in [2.75, 3.05) is 13.1 Å². The number of fused-ring (bicyclic) bond motifs is 1. The molecular weight excluding hydrogens is 418 g/mol. The molecule has 0 radical (unpaired) electrons. The molecule has 3 aromatic rings. The Morgan fingerprint density at radius 1 is 1.18 bits per heavy atom. The number of hydrogen-bond acceptors (Lipinski definition) is 6. The number of amides is 2. The Kier molecular flexibility index (Phi) is 6.72. The number of likely N-dealkylation sites (tertiary alicyclic amines) is 1. The molecule has 1 aliphatic heterocycles. The number of benzene rings is 1. The van der Waals surface area contributed by atoms with Gasteiger partial charge >= 0.3 is 0 Å². The van der Waals surface area contributed by atoms with Crippen molar-refractivity contribution in [3.63, 3.8) is 0 Å². The van der Waals surface area contributed by atoms with Gasteiger partial charge in [0.1, 0.15) is 0 Å². The molecule has 0 spiro atoms. The lowest BCUT2D eigenvalue weighted by molar-refractivity contribution is -0.130. The molecule has 1 saturated heterocycles.